The molecule has 27 heavy (non-hydrogen) atoms. The number of halogens is 1. The molecular weight excluding hydrogens is 370 g/mol. The van der Waals surface area contributed by atoms with Crippen LogP contribution < -0.4 is 9.47 Å². The smallest absolute Gasteiger partial charge is 0.339 e. The van der Waals surface area contributed by atoms with Crippen molar-refractivity contribution in [1.29, 1.82) is 0 Å². The summed E-state index contributed by atoms with van der Waals surface area (Å²) in [7, 11) is 1.42. The Morgan fingerprint density at radius 2 is 1.85 bits per heavy atom. The van der Waals surface area contributed by atoms with Crippen molar-refractivity contribution in [3.05, 3.63) is 47.0 Å². The normalized spacial score (nSPS) is 13.5. The van der Waals surface area contributed by atoms with Crippen LogP contribution in [0.3, 0.4) is 0 Å². The fraction of sp³-hybridized carbons (Fsp3) is 0.300. The Bertz CT molecular complexity index is 861. The average molecular weight is 390 g/mol. The lowest BCUT2D eigenvalue weighted by atomic mass is 10.0. The molecule has 1 amide bonds. The van der Waals surface area contributed by atoms with Crippen molar-refractivity contribution < 1.29 is 24.2 Å². The number of amides is 1. The second kappa shape index (κ2) is 8.31. The number of carboxylic acid groups (broad SMARTS) is 1. The summed E-state index contributed by atoms with van der Waals surface area (Å²) < 4.78 is 10.7. The number of methoxy groups -OCH3 is 1. The van der Waals surface area contributed by atoms with Crippen LogP contribution in [0.1, 0.15) is 23.2 Å². The molecule has 7 heteroatoms. The fourth-order valence-electron chi connectivity index (χ4n) is 3.07. The number of aromatic carboxylic acids is 1. The molecular formula is C20H20ClNO5. The summed E-state index contributed by atoms with van der Waals surface area (Å²) in [6.07, 6.45) is 2.05. The first-order valence-electron chi connectivity index (χ1n) is 8.61. The molecule has 1 fully saturated rings. The van der Waals surface area contributed by atoms with Gasteiger partial charge in [0.25, 0.3) is 5.91 Å². The van der Waals surface area contributed by atoms with Crippen LogP contribution in [0.4, 0.5) is 0 Å². The third-order valence-corrected chi connectivity index (χ3v) is 4.67. The first kappa shape index (κ1) is 19.0. The molecule has 2 aromatic carbocycles. The van der Waals surface area contributed by atoms with Gasteiger partial charge in [0.2, 0.25) is 0 Å². The maximum Gasteiger partial charge on any atom is 0.339 e. The highest BCUT2D eigenvalue weighted by atomic mass is 35.5. The SMILES string of the molecule is COc1ccc(-c2cc(Cl)cc(OCC(=O)N3CCCC3)c2)cc1C(=O)O. The van der Waals surface area contributed by atoms with Crippen molar-refractivity contribution in [2.24, 2.45) is 0 Å². The number of ether oxygens (including phenoxy) is 2. The van der Waals surface area contributed by atoms with E-state index in [1.165, 1.54) is 13.2 Å². The number of hydrogen-bond acceptors (Lipinski definition) is 4. The molecule has 0 saturated carbocycles. The summed E-state index contributed by atoms with van der Waals surface area (Å²) in [5.74, 6) is -0.395. The minimum Gasteiger partial charge on any atom is -0.496 e. The molecule has 1 heterocycles. The molecule has 1 aliphatic rings. The van der Waals surface area contributed by atoms with Crippen LogP contribution in [0.2, 0.25) is 5.02 Å². The summed E-state index contributed by atoms with van der Waals surface area (Å²) >= 11 is 6.19. The van der Waals surface area contributed by atoms with Crippen molar-refractivity contribution >= 4 is 23.5 Å². The van der Waals surface area contributed by atoms with Crippen LogP contribution in [0.25, 0.3) is 11.1 Å². The van der Waals surface area contributed by atoms with E-state index in [9.17, 15) is 14.7 Å². The number of carbonyl (C=O) groups excluding carboxylic acids is 1. The number of hydrogen-bond donors (Lipinski definition) is 1. The molecule has 3 rings (SSSR count). The van der Waals surface area contributed by atoms with Crippen LogP contribution in [0.5, 0.6) is 11.5 Å². The molecule has 1 N–H and O–H groups in total. The van der Waals surface area contributed by atoms with Crippen LogP contribution in [-0.4, -0.2) is 48.7 Å². The Morgan fingerprint density at radius 3 is 2.52 bits per heavy atom. The van der Waals surface area contributed by atoms with E-state index in [0.717, 1.165) is 25.9 Å². The van der Waals surface area contributed by atoms with Gasteiger partial charge in [-0.3, -0.25) is 4.79 Å². The van der Waals surface area contributed by atoms with Gasteiger partial charge in [-0.25, -0.2) is 4.79 Å². The minimum absolute atomic E-state index is 0.0494. The predicted molar refractivity (Wildman–Crippen MR) is 102 cm³/mol. The molecule has 0 radical (unpaired) electrons. The Hall–Kier alpha value is -2.73. The van der Waals surface area contributed by atoms with Gasteiger partial charge in [-0.1, -0.05) is 17.7 Å². The lowest BCUT2D eigenvalue weighted by Crippen LogP contribution is -2.32. The molecule has 2 aromatic rings. The quantitative estimate of drug-likeness (QED) is 0.814. The number of carboxylic acids is 1. The van der Waals surface area contributed by atoms with Gasteiger partial charge in [-0.15, -0.1) is 0 Å². The van der Waals surface area contributed by atoms with E-state index in [1.807, 2.05) is 0 Å². The van der Waals surface area contributed by atoms with Gasteiger partial charge in [-0.05, 0) is 54.3 Å². The Morgan fingerprint density at radius 1 is 1.11 bits per heavy atom. The van der Waals surface area contributed by atoms with E-state index in [2.05, 4.69) is 0 Å². The molecule has 0 aromatic heterocycles. The highest BCUT2D eigenvalue weighted by molar-refractivity contribution is 6.31. The number of likely N-dealkylation sites (tertiary alicyclic amines) is 1. The zero-order valence-electron chi connectivity index (χ0n) is 14.9. The van der Waals surface area contributed by atoms with Gasteiger partial charge >= 0.3 is 5.97 Å². The van der Waals surface area contributed by atoms with Crippen molar-refractivity contribution in [3.63, 3.8) is 0 Å². The van der Waals surface area contributed by atoms with Crippen LogP contribution in [0, 0.1) is 0 Å². The largest absolute Gasteiger partial charge is 0.496 e. The second-order valence-electron chi connectivity index (χ2n) is 6.27. The molecule has 0 unspecified atom stereocenters. The monoisotopic (exact) mass is 389 g/mol. The first-order valence-corrected chi connectivity index (χ1v) is 8.98. The zero-order chi connectivity index (χ0) is 19.4. The summed E-state index contributed by atoms with van der Waals surface area (Å²) in [6, 6.07) is 9.93. The van der Waals surface area contributed by atoms with Gasteiger partial charge in [0, 0.05) is 18.1 Å². The van der Waals surface area contributed by atoms with Crippen molar-refractivity contribution in [1.82, 2.24) is 4.90 Å². The number of carbonyl (C=O) groups is 2. The standard InChI is InChI=1S/C20H20ClNO5/c1-26-18-5-4-13(10-17(18)20(24)25)14-8-15(21)11-16(9-14)27-12-19(23)22-6-2-3-7-22/h4-5,8-11H,2-3,6-7,12H2,1H3,(H,24,25). The van der Waals surface area contributed by atoms with E-state index in [4.69, 9.17) is 21.1 Å². The predicted octanol–water partition coefficient (Wildman–Crippen LogP) is 3.72. The van der Waals surface area contributed by atoms with Crippen molar-refractivity contribution in [3.8, 4) is 22.6 Å². The highest BCUT2D eigenvalue weighted by Gasteiger charge is 2.18. The van der Waals surface area contributed by atoms with E-state index in [0.29, 0.717) is 21.9 Å². The molecule has 0 atom stereocenters. The third kappa shape index (κ3) is 4.52. The fourth-order valence-corrected chi connectivity index (χ4v) is 3.30. The molecule has 0 spiro atoms. The van der Waals surface area contributed by atoms with Crippen LogP contribution in [-0.2, 0) is 4.79 Å². The van der Waals surface area contributed by atoms with Gasteiger partial charge in [-0.2, -0.15) is 0 Å². The average Bonchev–Trinajstić information content (AvgIpc) is 3.20. The first-order chi connectivity index (χ1) is 13.0. The summed E-state index contributed by atoms with van der Waals surface area (Å²) in [5.41, 5.74) is 1.41. The van der Waals surface area contributed by atoms with E-state index in [-0.39, 0.29) is 23.8 Å². The van der Waals surface area contributed by atoms with E-state index >= 15 is 0 Å². The zero-order valence-corrected chi connectivity index (χ0v) is 15.7. The molecule has 1 aliphatic heterocycles. The van der Waals surface area contributed by atoms with Gasteiger partial charge < -0.3 is 19.5 Å². The molecule has 6 nitrogen and oxygen atoms in total. The highest BCUT2D eigenvalue weighted by Crippen LogP contribution is 2.31. The number of nitrogens with zero attached hydrogens (tertiary/aromatic N) is 1. The van der Waals surface area contributed by atoms with Crippen LogP contribution in [0.15, 0.2) is 36.4 Å². The van der Waals surface area contributed by atoms with Gasteiger partial charge in [0.15, 0.2) is 6.61 Å². The summed E-state index contributed by atoms with van der Waals surface area (Å²) in [4.78, 5) is 25.4. The van der Waals surface area contributed by atoms with Gasteiger partial charge in [0.05, 0.1) is 7.11 Å². The maximum absolute atomic E-state index is 12.1. The minimum atomic E-state index is -1.08. The van der Waals surface area contributed by atoms with E-state index in [1.54, 1.807) is 35.2 Å². The lowest BCUT2D eigenvalue weighted by molar-refractivity contribution is -0.132. The maximum atomic E-state index is 12.1. The van der Waals surface area contributed by atoms with Crippen molar-refractivity contribution in [2.45, 2.75) is 12.8 Å². The number of benzene rings is 2. The second-order valence-corrected chi connectivity index (χ2v) is 6.71. The Kier molecular flexibility index (Phi) is 5.86. The lowest BCUT2D eigenvalue weighted by Gasteiger charge is -2.16. The number of rotatable bonds is 6. The van der Waals surface area contributed by atoms with Crippen LogP contribution >= 0.6 is 11.6 Å². The molecule has 0 aliphatic carbocycles. The molecule has 0 bridgehead atoms. The Labute approximate surface area is 162 Å². The Balaban J connectivity index is 1.81. The van der Waals surface area contributed by atoms with Crippen molar-refractivity contribution in [2.75, 3.05) is 26.8 Å². The molecule has 142 valence electrons. The van der Waals surface area contributed by atoms with E-state index < -0.39 is 5.97 Å². The topological polar surface area (TPSA) is 76.1 Å². The van der Waals surface area contributed by atoms with Gasteiger partial charge in [0.1, 0.15) is 17.1 Å². The summed E-state index contributed by atoms with van der Waals surface area (Å²) in [5, 5.41) is 9.79. The molecule has 1 saturated heterocycles. The third-order valence-electron chi connectivity index (χ3n) is 4.46. The summed E-state index contributed by atoms with van der Waals surface area (Å²) in [6.45, 7) is 1.49.